The van der Waals surface area contributed by atoms with Crippen molar-refractivity contribution >= 4 is 34.9 Å². The first-order chi connectivity index (χ1) is 16.1. The Morgan fingerprint density at radius 3 is 2.27 bits per heavy atom. The molecule has 10 nitrogen and oxygen atoms in total. The Morgan fingerprint density at radius 1 is 0.939 bits per heavy atom. The second kappa shape index (κ2) is 10.5. The molecule has 3 aromatic rings. The van der Waals surface area contributed by atoms with Crippen molar-refractivity contribution in [3.8, 4) is 0 Å². The lowest BCUT2D eigenvalue weighted by Crippen LogP contribution is -2.26. The fourth-order valence-electron chi connectivity index (χ4n) is 3.56. The van der Waals surface area contributed by atoms with Crippen molar-refractivity contribution in [3.05, 3.63) is 70.3 Å². The minimum atomic E-state index is -0.431. The molecule has 0 atom stereocenters. The molecular formula is C23H26N8O2. The number of non-ortho nitro benzene ring substituents is 1. The van der Waals surface area contributed by atoms with E-state index in [9.17, 15) is 10.1 Å². The Balaban J connectivity index is 1.60. The van der Waals surface area contributed by atoms with Gasteiger partial charge in [-0.1, -0.05) is 43.2 Å². The molecule has 33 heavy (non-hydrogen) atoms. The molecule has 0 amide bonds. The molecule has 1 fully saturated rings. The van der Waals surface area contributed by atoms with Crippen molar-refractivity contribution in [3.63, 3.8) is 0 Å². The topological polar surface area (TPSA) is 121 Å². The number of hydrogen-bond acceptors (Lipinski definition) is 9. The highest BCUT2D eigenvalue weighted by Gasteiger charge is 2.16. The van der Waals surface area contributed by atoms with Crippen LogP contribution in [0.25, 0.3) is 0 Å². The number of hydrogen-bond donors (Lipinski definition) is 2. The van der Waals surface area contributed by atoms with Crippen LogP contribution in [0.5, 0.6) is 0 Å². The van der Waals surface area contributed by atoms with E-state index in [-0.39, 0.29) is 5.69 Å². The van der Waals surface area contributed by atoms with Gasteiger partial charge in [0.1, 0.15) is 0 Å². The number of nitro benzene ring substituents is 1. The fourth-order valence-corrected chi connectivity index (χ4v) is 3.56. The SMILES string of the molecule is C/C(=N/Nc1nc(Nc2ccc([N+](=O)[O-])cc2)nc(N2CCCCCC2)n1)c1ccccc1. The zero-order chi connectivity index (χ0) is 23.0. The van der Waals surface area contributed by atoms with Crippen molar-refractivity contribution in [2.24, 2.45) is 5.10 Å². The van der Waals surface area contributed by atoms with E-state index in [2.05, 4.69) is 35.7 Å². The Kier molecular flexibility index (Phi) is 7.03. The third kappa shape index (κ3) is 6.00. The first-order valence-corrected chi connectivity index (χ1v) is 11.0. The quantitative estimate of drug-likeness (QED) is 0.303. The van der Waals surface area contributed by atoms with E-state index in [1.165, 1.54) is 25.0 Å². The molecule has 2 N–H and O–H groups in total. The Hall–Kier alpha value is -4.08. The summed E-state index contributed by atoms with van der Waals surface area (Å²) in [5.74, 6) is 1.24. The van der Waals surface area contributed by atoms with Gasteiger partial charge in [0.15, 0.2) is 0 Å². The normalized spacial score (nSPS) is 14.5. The Labute approximate surface area is 191 Å². The van der Waals surface area contributed by atoms with Crippen LogP contribution in [0.3, 0.4) is 0 Å². The minimum absolute atomic E-state index is 0.0227. The summed E-state index contributed by atoms with van der Waals surface area (Å²) >= 11 is 0. The lowest BCUT2D eigenvalue weighted by Gasteiger charge is -2.21. The largest absolute Gasteiger partial charge is 0.341 e. The Bertz CT molecular complexity index is 1110. The molecule has 2 heterocycles. The summed E-state index contributed by atoms with van der Waals surface area (Å²) in [4.78, 5) is 26.3. The molecule has 1 aliphatic heterocycles. The van der Waals surface area contributed by atoms with Gasteiger partial charge in [-0.2, -0.15) is 20.1 Å². The zero-order valence-electron chi connectivity index (χ0n) is 18.4. The molecule has 4 rings (SSSR count). The molecule has 170 valence electrons. The average molecular weight is 447 g/mol. The van der Waals surface area contributed by atoms with Crippen molar-refractivity contribution < 1.29 is 4.92 Å². The molecule has 0 unspecified atom stereocenters. The van der Waals surface area contributed by atoms with Crippen molar-refractivity contribution in [1.82, 2.24) is 15.0 Å². The van der Waals surface area contributed by atoms with Gasteiger partial charge in [-0.15, -0.1) is 0 Å². The van der Waals surface area contributed by atoms with Crippen molar-refractivity contribution in [2.75, 3.05) is 28.7 Å². The maximum Gasteiger partial charge on any atom is 0.269 e. The number of anilines is 4. The Morgan fingerprint density at radius 2 is 1.61 bits per heavy atom. The first kappa shape index (κ1) is 22.1. The minimum Gasteiger partial charge on any atom is -0.341 e. The summed E-state index contributed by atoms with van der Waals surface area (Å²) in [5.41, 5.74) is 5.42. The van der Waals surface area contributed by atoms with Gasteiger partial charge in [-0.25, -0.2) is 5.43 Å². The predicted octanol–water partition coefficient (Wildman–Crippen LogP) is 4.74. The molecule has 2 aromatic carbocycles. The lowest BCUT2D eigenvalue weighted by atomic mass is 10.1. The van der Waals surface area contributed by atoms with Crippen LogP contribution in [0.15, 0.2) is 59.7 Å². The molecule has 1 aromatic heterocycles. The molecule has 0 saturated carbocycles. The molecule has 0 aliphatic carbocycles. The zero-order valence-corrected chi connectivity index (χ0v) is 18.4. The molecule has 10 heteroatoms. The third-order valence-corrected chi connectivity index (χ3v) is 5.36. The first-order valence-electron chi connectivity index (χ1n) is 11.0. The third-order valence-electron chi connectivity index (χ3n) is 5.36. The molecule has 0 bridgehead atoms. The van der Waals surface area contributed by atoms with E-state index in [1.54, 1.807) is 12.1 Å². The number of benzene rings is 2. The average Bonchev–Trinajstić information content (AvgIpc) is 3.13. The van der Waals surface area contributed by atoms with Gasteiger partial charge < -0.3 is 10.2 Å². The molecule has 0 radical (unpaired) electrons. The van der Waals surface area contributed by atoms with E-state index < -0.39 is 4.92 Å². The molecular weight excluding hydrogens is 420 g/mol. The van der Waals surface area contributed by atoms with Crippen LogP contribution < -0.4 is 15.6 Å². The van der Waals surface area contributed by atoms with Crippen molar-refractivity contribution in [2.45, 2.75) is 32.6 Å². The highest BCUT2D eigenvalue weighted by atomic mass is 16.6. The number of nitrogens with zero attached hydrogens (tertiary/aromatic N) is 6. The monoisotopic (exact) mass is 446 g/mol. The number of hydrazone groups is 1. The molecule has 1 aliphatic rings. The summed E-state index contributed by atoms with van der Waals surface area (Å²) in [6.45, 7) is 3.68. The van der Waals surface area contributed by atoms with Gasteiger partial charge in [-0.05, 0) is 37.5 Å². The van der Waals surface area contributed by atoms with Gasteiger partial charge in [0, 0.05) is 30.9 Å². The summed E-state index contributed by atoms with van der Waals surface area (Å²) < 4.78 is 0. The van der Waals surface area contributed by atoms with E-state index in [4.69, 9.17) is 0 Å². The maximum atomic E-state index is 10.9. The van der Waals surface area contributed by atoms with E-state index in [0.29, 0.717) is 23.5 Å². The van der Waals surface area contributed by atoms with Crippen LogP contribution >= 0.6 is 0 Å². The van der Waals surface area contributed by atoms with Gasteiger partial charge in [-0.3, -0.25) is 10.1 Å². The highest BCUT2D eigenvalue weighted by Crippen LogP contribution is 2.22. The van der Waals surface area contributed by atoms with Crippen LogP contribution in [0.4, 0.5) is 29.2 Å². The summed E-state index contributed by atoms with van der Waals surface area (Å²) in [6.07, 6.45) is 4.57. The fraction of sp³-hybridized carbons (Fsp3) is 0.304. The number of aromatic nitrogens is 3. The second-order valence-corrected chi connectivity index (χ2v) is 7.79. The van der Waals surface area contributed by atoms with Gasteiger partial charge in [0.2, 0.25) is 17.8 Å². The van der Waals surface area contributed by atoms with Crippen LogP contribution in [-0.2, 0) is 0 Å². The van der Waals surface area contributed by atoms with E-state index in [0.717, 1.165) is 37.2 Å². The predicted molar refractivity (Wildman–Crippen MR) is 129 cm³/mol. The van der Waals surface area contributed by atoms with Crippen molar-refractivity contribution in [1.29, 1.82) is 0 Å². The van der Waals surface area contributed by atoms with Crippen LogP contribution in [0.2, 0.25) is 0 Å². The van der Waals surface area contributed by atoms with Gasteiger partial charge >= 0.3 is 0 Å². The summed E-state index contributed by atoms with van der Waals surface area (Å²) in [7, 11) is 0. The van der Waals surface area contributed by atoms with Gasteiger partial charge in [0.05, 0.1) is 10.6 Å². The summed E-state index contributed by atoms with van der Waals surface area (Å²) in [6, 6.07) is 16.0. The van der Waals surface area contributed by atoms with Crippen LogP contribution in [0, 0.1) is 10.1 Å². The second-order valence-electron chi connectivity index (χ2n) is 7.79. The highest BCUT2D eigenvalue weighted by molar-refractivity contribution is 5.98. The lowest BCUT2D eigenvalue weighted by molar-refractivity contribution is -0.384. The smallest absolute Gasteiger partial charge is 0.269 e. The number of nitrogens with one attached hydrogen (secondary N) is 2. The maximum absolute atomic E-state index is 10.9. The number of nitro groups is 1. The van der Waals surface area contributed by atoms with Gasteiger partial charge in [0.25, 0.3) is 5.69 Å². The van der Waals surface area contributed by atoms with Crippen LogP contribution in [-0.4, -0.2) is 38.7 Å². The van der Waals surface area contributed by atoms with E-state index >= 15 is 0 Å². The number of rotatable bonds is 7. The molecule has 0 spiro atoms. The van der Waals surface area contributed by atoms with Crippen LogP contribution in [0.1, 0.15) is 38.2 Å². The summed E-state index contributed by atoms with van der Waals surface area (Å²) in [5, 5.41) is 18.5. The molecule has 1 saturated heterocycles. The standard InChI is InChI=1S/C23H26N8O2/c1-17(18-9-5-4-6-10-18)28-29-22-25-21(24-19-11-13-20(14-12-19)31(32)33)26-23(27-22)30-15-7-2-3-8-16-30/h4-6,9-14H,2-3,7-8,15-16H2,1H3,(H2,24,25,26,27,29)/b28-17-. The van der Waals surface area contributed by atoms with E-state index in [1.807, 2.05) is 37.3 Å².